The van der Waals surface area contributed by atoms with Gasteiger partial charge in [-0.1, -0.05) is 0 Å². The highest BCUT2D eigenvalue weighted by Crippen LogP contribution is 2.38. The summed E-state index contributed by atoms with van der Waals surface area (Å²) in [4.78, 5) is 12.3. The van der Waals surface area contributed by atoms with Gasteiger partial charge in [0.15, 0.2) is 0 Å². The van der Waals surface area contributed by atoms with Crippen molar-refractivity contribution >= 4 is 44.0 Å². The van der Waals surface area contributed by atoms with E-state index in [9.17, 15) is 0 Å². The zero-order valence-corrected chi connectivity index (χ0v) is 53.0. The predicted octanol–water partition coefficient (Wildman–Crippen LogP) is 4.61. The molecule has 5 rings (SSSR count). The zero-order valence-electron chi connectivity index (χ0n) is 48.0. The molecule has 2 atom stereocenters. The van der Waals surface area contributed by atoms with Crippen molar-refractivity contribution in [3.05, 3.63) is 0 Å². The highest BCUT2D eigenvalue weighted by Gasteiger charge is 2.64. The molecular weight excluding hydrogens is 1050 g/mol. The fourth-order valence-corrected chi connectivity index (χ4v) is 32.6. The van der Waals surface area contributed by atoms with Crippen molar-refractivity contribution in [1.82, 2.24) is 24.5 Å². The van der Waals surface area contributed by atoms with E-state index in [1.165, 1.54) is 0 Å². The van der Waals surface area contributed by atoms with Crippen molar-refractivity contribution in [2.45, 2.75) is 111 Å². The fourth-order valence-electron chi connectivity index (χ4n) is 10.6. The van der Waals surface area contributed by atoms with E-state index >= 15 is 0 Å². The third-order valence-corrected chi connectivity index (χ3v) is 34.0. The van der Waals surface area contributed by atoms with E-state index in [0.717, 1.165) is 157 Å². The second-order valence-electron chi connectivity index (χ2n) is 19.6. The number of rotatable bonds is 42. The van der Waals surface area contributed by atoms with Crippen LogP contribution in [-0.2, 0) is 71.1 Å². The van der Waals surface area contributed by atoms with E-state index in [-0.39, 0.29) is 0 Å². The van der Waals surface area contributed by atoms with Crippen LogP contribution in [0.5, 0.6) is 0 Å². The van der Waals surface area contributed by atoms with Crippen LogP contribution >= 0.6 is 0 Å². The number of hydrogen-bond donors (Lipinski definition) is 0. The Morgan fingerprint density at radius 3 is 0.600 bits per heavy atom. The number of nitrogens with zero attached hydrogens (tertiary/aromatic N) is 5. The third-order valence-electron chi connectivity index (χ3n) is 14.1. The summed E-state index contributed by atoms with van der Waals surface area (Å²) < 4.78 is 109. The van der Waals surface area contributed by atoms with E-state index in [1.807, 2.05) is 48.5 Å². The Morgan fingerprint density at radius 2 is 0.413 bits per heavy atom. The van der Waals surface area contributed by atoms with Crippen molar-refractivity contribution in [3.8, 4) is 0 Å². The molecule has 0 radical (unpaired) electrons. The lowest BCUT2D eigenvalue weighted by Crippen LogP contribution is -2.69. The van der Waals surface area contributed by atoms with Gasteiger partial charge < -0.3 is 71.1 Å². The lowest BCUT2D eigenvalue weighted by atomic mass is 10.3. The summed E-state index contributed by atoms with van der Waals surface area (Å²) in [5.41, 5.74) is 0. The quantitative estimate of drug-likeness (QED) is 0.0778. The Bertz CT molecular complexity index is 1350. The summed E-state index contributed by atoms with van der Waals surface area (Å²) in [5, 5.41) is 0. The molecule has 26 heteroatoms. The van der Waals surface area contributed by atoms with Crippen molar-refractivity contribution < 1.29 is 71.1 Å². The van der Waals surface area contributed by atoms with Crippen LogP contribution in [0, 0.1) is 0 Å². The van der Waals surface area contributed by atoms with Crippen LogP contribution in [0.1, 0.15) is 80.6 Å². The van der Waals surface area contributed by atoms with Crippen LogP contribution in [0.15, 0.2) is 0 Å². The second-order valence-corrected chi connectivity index (χ2v) is 34.3. The molecule has 0 aromatic heterocycles. The van der Waals surface area contributed by atoms with Gasteiger partial charge in [-0.3, -0.25) is 24.5 Å². The molecule has 0 aromatic carbocycles. The van der Waals surface area contributed by atoms with Gasteiger partial charge in [0, 0.05) is 142 Å². The molecule has 5 heterocycles. The molecule has 0 aliphatic carbocycles. The Hall–Kier alpha value is 0.244. The molecule has 5 saturated heterocycles. The minimum atomic E-state index is -4.04. The van der Waals surface area contributed by atoms with Gasteiger partial charge in [-0.2, -0.15) is 0 Å². The lowest BCUT2D eigenvalue weighted by Gasteiger charge is -2.46. The maximum absolute atomic E-state index is 8.04. The lowest BCUT2D eigenvalue weighted by molar-refractivity contribution is 0.0237. The van der Waals surface area contributed by atoms with Crippen molar-refractivity contribution in [2.24, 2.45) is 0 Å². The van der Waals surface area contributed by atoms with Gasteiger partial charge in [0.1, 0.15) is 0 Å². The van der Waals surface area contributed by atoms with Crippen LogP contribution in [0.3, 0.4) is 0 Å². The Balaban J connectivity index is 1.63. The highest BCUT2D eigenvalue weighted by atomic mass is 28.5. The summed E-state index contributed by atoms with van der Waals surface area (Å²) in [7, 11) is -19.0. The third kappa shape index (κ3) is 23.9. The predicted molar refractivity (Wildman–Crippen MR) is 298 cm³/mol. The standard InChI is InChI=1S/C49H105N5O16Si5/c1-8-60-71(61-9-2,45-15-20-50-25-35-55-36-26-50)67-73(64-12-5,47-17-22-52-29-39-57-40-30-52)69-75(66-14-7,49-19-24-54-33-43-59-44-34-54)70-74(65-13-6,48-18-23-53-31-41-58-42-32-53)68-72(62-10-3,63-11-4)46-16-21-51-27-37-56-38-28-51/h8-49H2,1-7H3. The van der Waals surface area contributed by atoms with Crippen molar-refractivity contribution in [1.29, 1.82) is 0 Å². The summed E-state index contributed by atoms with van der Waals surface area (Å²) in [6.07, 6.45) is 3.89. The summed E-state index contributed by atoms with van der Waals surface area (Å²) in [5.74, 6) is 0. The zero-order chi connectivity index (χ0) is 53.4. The molecule has 21 nitrogen and oxygen atoms in total. The first-order valence-electron chi connectivity index (χ1n) is 29.4. The van der Waals surface area contributed by atoms with Crippen LogP contribution in [0.25, 0.3) is 0 Å². The molecule has 5 fully saturated rings. The van der Waals surface area contributed by atoms with Crippen LogP contribution in [-0.4, -0.2) is 279 Å². The van der Waals surface area contributed by atoms with Crippen LogP contribution in [0.2, 0.25) is 30.2 Å². The monoisotopic (exact) mass is 1160 g/mol. The Kier molecular flexibility index (Phi) is 32.9. The Labute approximate surface area is 459 Å². The van der Waals surface area contributed by atoms with E-state index in [0.29, 0.717) is 116 Å². The maximum Gasteiger partial charge on any atom is 0.493 e. The van der Waals surface area contributed by atoms with Gasteiger partial charge >= 0.3 is 44.0 Å². The molecule has 0 saturated carbocycles. The van der Waals surface area contributed by atoms with E-state index in [1.54, 1.807) is 0 Å². The Morgan fingerprint density at radius 1 is 0.253 bits per heavy atom. The molecule has 0 spiro atoms. The van der Waals surface area contributed by atoms with Crippen LogP contribution in [0.4, 0.5) is 0 Å². The van der Waals surface area contributed by atoms with E-state index in [2.05, 4.69) is 24.5 Å². The number of hydrogen-bond acceptors (Lipinski definition) is 21. The SMILES string of the molecule is CCO[Si](CCCN1CCOCC1)(OCC)O[Si](CCCN1CCOCC1)(OCC)O[Si](CCCN1CCOCC1)(OCC)O[Si](CCCN1CCOCC1)(OCC)O[Si](CCCN1CCOCC1)(OCC)OCC. The summed E-state index contributed by atoms with van der Waals surface area (Å²) >= 11 is 0. The van der Waals surface area contributed by atoms with Gasteiger partial charge in [0.2, 0.25) is 0 Å². The smallest absolute Gasteiger partial charge is 0.379 e. The van der Waals surface area contributed by atoms with Crippen LogP contribution < -0.4 is 0 Å². The van der Waals surface area contributed by atoms with Gasteiger partial charge in [-0.15, -0.1) is 0 Å². The highest BCUT2D eigenvalue weighted by molar-refractivity contribution is 6.85. The molecular formula is C49H105N5O16Si5. The molecule has 0 aromatic rings. The summed E-state index contributed by atoms with van der Waals surface area (Å²) in [6, 6.07) is 2.69. The van der Waals surface area contributed by atoms with Gasteiger partial charge in [-0.05, 0) is 113 Å². The molecule has 442 valence electrons. The normalized spacial score (nSPS) is 22.3. The maximum atomic E-state index is 8.04. The molecule has 0 bridgehead atoms. The van der Waals surface area contributed by atoms with Crippen molar-refractivity contribution in [3.63, 3.8) is 0 Å². The van der Waals surface area contributed by atoms with Gasteiger partial charge in [0.05, 0.1) is 66.1 Å². The van der Waals surface area contributed by atoms with Gasteiger partial charge in [-0.25, -0.2) is 0 Å². The molecule has 5 aliphatic rings. The summed E-state index contributed by atoms with van der Waals surface area (Å²) in [6.45, 7) is 37.1. The first-order chi connectivity index (χ1) is 36.6. The first-order valence-corrected chi connectivity index (χ1v) is 39.1. The van der Waals surface area contributed by atoms with Crippen molar-refractivity contribution in [2.75, 3.05) is 210 Å². The largest absolute Gasteiger partial charge is 0.493 e. The number of morpholine rings is 5. The molecule has 2 unspecified atom stereocenters. The molecule has 5 aliphatic heterocycles. The van der Waals surface area contributed by atoms with E-state index < -0.39 is 44.0 Å². The van der Waals surface area contributed by atoms with Gasteiger partial charge in [0.25, 0.3) is 0 Å². The second kappa shape index (κ2) is 37.4. The average Bonchev–Trinajstić information content (AvgIpc) is 3.41. The minimum absolute atomic E-state index is 0.330. The first kappa shape index (κ1) is 66.0. The number of ether oxygens (including phenoxy) is 5. The fraction of sp³-hybridized carbons (Fsp3) is 1.00. The average molecular weight is 1160 g/mol. The molecule has 75 heavy (non-hydrogen) atoms. The topological polar surface area (TPSA) is 164 Å². The van der Waals surface area contributed by atoms with E-state index in [4.69, 9.17) is 71.1 Å². The molecule has 0 amide bonds. The minimum Gasteiger partial charge on any atom is -0.379 e. The molecule has 0 N–H and O–H groups in total.